The Hall–Kier alpha value is -1.77. The smallest absolute Gasteiger partial charge is 0.416 e. The van der Waals surface area contributed by atoms with Crippen molar-refractivity contribution in [2.45, 2.75) is 56.5 Å². The molecule has 0 radical (unpaired) electrons. The zero-order valence-electron chi connectivity index (χ0n) is 15.8. The fourth-order valence-electron chi connectivity index (χ4n) is 3.72. The summed E-state index contributed by atoms with van der Waals surface area (Å²) in [4.78, 5) is 12.2. The van der Waals surface area contributed by atoms with Crippen molar-refractivity contribution >= 4 is 15.9 Å². The van der Waals surface area contributed by atoms with E-state index in [1.807, 2.05) is 20.8 Å². The summed E-state index contributed by atoms with van der Waals surface area (Å²) in [6, 6.07) is 3.10. The highest BCUT2D eigenvalue weighted by molar-refractivity contribution is 7.92. The van der Waals surface area contributed by atoms with Crippen LogP contribution in [-0.4, -0.2) is 41.9 Å². The molecular formula is C18H24F3NO4S. The fourth-order valence-corrected chi connectivity index (χ4v) is 5.46. The first-order chi connectivity index (χ1) is 12.0. The minimum absolute atomic E-state index is 0.0163. The maximum absolute atomic E-state index is 13.2. The molecule has 0 aromatic heterocycles. The van der Waals surface area contributed by atoms with Gasteiger partial charge in [0.1, 0.15) is 0 Å². The van der Waals surface area contributed by atoms with Gasteiger partial charge in [-0.25, -0.2) is 13.2 Å². The van der Waals surface area contributed by atoms with Gasteiger partial charge in [0, 0.05) is 18.5 Å². The largest absolute Gasteiger partial charge is 0.465 e. The van der Waals surface area contributed by atoms with Crippen molar-refractivity contribution in [1.82, 2.24) is 4.90 Å². The zero-order chi connectivity index (χ0) is 21.0. The molecule has 0 spiro atoms. The van der Waals surface area contributed by atoms with Crippen molar-refractivity contribution in [2.75, 3.05) is 6.54 Å². The van der Waals surface area contributed by atoms with E-state index in [1.165, 1.54) is 18.7 Å². The lowest BCUT2D eigenvalue weighted by atomic mass is 9.68. The molecule has 1 aromatic carbocycles. The predicted molar refractivity (Wildman–Crippen MR) is 94.2 cm³/mol. The lowest BCUT2D eigenvalue weighted by Crippen LogP contribution is -2.70. The number of carboxylic acid groups (broad SMARTS) is 1. The Bertz CT molecular complexity index is 841. The van der Waals surface area contributed by atoms with E-state index in [0.717, 1.165) is 18.2 Å². The van der Waals surface area contributed by atoms with Crippen LogP contribution in [0, 0.1) is 11.3 Å². The molecular weight excluding hydrogens is 383 g/mol. The van der Waals surface area contributed by atoms with Gasteiger partial charge in [-0.1, -0.05) is 26.8 Å². The van der Waals surface area contributed by atoms with Crippen LogP contribution in [0.1, 0.15) is 40.2 Å². The molecule has 0 bridgehead atoms. The standard InChI is InChI=1S/C18H24F3NO4S/c1-16(2,3)14-13(10-22(14)15(23)24)17(4,5)27(25,26)12-8-6-7-11(9-12)18(19,20)21/h6-9,13-14H,10H2,1-5H3,(H,23,24). The highest BCUT2D eigenvalue weighted by Gasteiger charge is 2.58. The van der Waals surface area contributed by atoms with Crippen LogP contribution in [0.3, 0.4) is 0 Å². The van der Waals surface area contributed by atoms with Crippen LogP contribution in [0.4, 0.5) is 18.0 Å². The quantitative estimate of drug-likeness (QED) is 0.812. The van der Waals surface area contributed by atoms with Gasteiger partial charge >= 0.3 is 12.3 Å². The second-order valence-corrected chi connectivity index (χ2v) is 11.0. The summed E-state index contributed by atoms with van der Waals surface area (Å²) < 4.78 is 63.9. The summed E-state index contributed by atoms with van der Waals surface area (Å²) in [5, 5.41) is 9.35. The second-order valence-electron chi connectivity index (χ2n) is 8.48. The highest BCUT2D eigenvalue weighted by Crippen LogP contribution is 2.47. The molecule has 0 aliphatic carbocycles. The second kappa shape index (κ2) is 6.39. The topological polar surface area (TPSA) is 74.7 Å². The van der Waals surface area contributed by atoms with Crippen LogP contribution >= 0.6 is 0 Å². The third-order valence-electron chi connectivity index (χ3n) is 5.30. The number of amides is 1. The Morgan fingerprint density at radius 1 is 1.15 bits per heavy atom. The average molecular weight is 407 g/mol. The maximum atomic E-state index is 13.2. The SMILES string of the molecule is CC(C)(C)C1C(C(C)(C)S(=O)(=O)c2cccc(C(F)(F)F)c2)CN1C(=O)O. The summed E-state index contributed by atoms with van der Waals surface area (Å²) in [5.74, 6) is -0.548. The van der Waals surface area contributed by atoms with Crippen molar-refractivity contribution in [1.29, 1.82) is 0 Å². The van der Waals surface area contributed by atoms with E-state index in [0.29, 0.717) is 6.07 Å². The van der Waals surface area contributed by atoms with Gasteiger partial charge in [0.25, 0.3) is 0 Å². The Kier molecular flexibility index (Phi) is 5.10. The molecule has 1 aliphatic heterocycles. The molecule has 9 heteroatoms. The fraction of sp³-hybridized carbons (Fsp3) is 0.611. The summed E-state index contributed by atoms with van der Waals surface area (Å²) in [6.07, 6.45) is -5.79. The van der Waals surface area contributed by atoms with E-state index in [9.17, 15) is 31.5 Å². The molecule has 2 unspecified atom stereocenters. The van der Waals surface area contributed by atoms with Crippen LogP contribution in [0.25, 0.3) is 0 Å². The van der Waals surface area contributed by atoms with Gasteiger partial charge < -0.3 is 10.0 Å². The number of sulfone groups is 1. The third kappa shape index (κ3) is 3.66. The van der Waals surface area contributed by atoms with Gasteiger partial charge in [-0.3, -0.25) is 0 Å². The number of likely N-dealkylation sites (tertiary alicyclic amines) is 1. The maximum Gasteiger partial charge on any atom is 0.416 e. The lowest BCUT2D eigenvalue weighted by molar-refractivity contribution is -0.137. The van der Waals surface area contributed by atoms with Crippen LogP contribution in [0.15, 0.2) is 29.2 Å². The van der Waals surface area contributed by atoms with E-state index in [4.69, 9.17) is 0 Å². The van der Waals surface area contributed by atoms with E-state index < -0.39 is 54.7 Å². The molecule has 2 atom stereocenters. The summed E-state index contributed by atoms with van der Waals surface area (Å²) in [7, 11) is -4.14. The van der Waals surface area contributed by atoms with Crippen molar-refractivity contribution in [3.8, 4) is 0 Å². The van der Waals surface area contributed by atoms with E-state index >= 15 is 0 Å². The number of benzene rings is 1. The Morgan fingerprint density at radius 3 is 2.15 bits per heavy atom. The molecule has 1 saturated heterocycles. The monoisotopic (exact) mass is 407 g/mol. The molecule has 2 rings (SSSR count). The molecule has 27 heavy (non-hydrogen) atoms. The van der Waals surface area contributed by atoms with Crippen LogP contribution in [0.5, 0.6) is 0 Å². The third-order valence-corrected chi connectivity index (χ3v) is 7.86. The van der Waals surface area contributed by atoms with Crippen molar-refractivity contribution in [3.05, 3.63) is 29.8 Å². The van der Waals surface area contributed by atoms with Crippen molar-refractivity contribution < 1.29 is 31.5 Å². The highest BCUT2D eigenvalue weighted by atomic mass is 32.2. The number of hydrogen-bond acceptors (Lipinski definition) is 3. The van der Waals surface area contributed by atoms with Gasteiger partial charge in [0.05, 0.1) is 15.2 Å². The number of halogens is 3. The van der Waals surface area contributed by atoms with Gasteiger partial charge in [0.2, 0.25) is 0 Å². The molecule has 5 nitrogen and oxygen atoms in total. The normalized spacial score (nSPS) is 21.7. The van der Waals surface area contributed by atoms with Gasteiger partial charge in [-0.05, 0) is 37.5 Å². The zero-order valence-corrected chi connectivity index (χ0v) is 16.6. The number of rotatable bonds is 3. The number of hydrogen-bond donors (Lipinski definition) is 1. The molecule has 1 amide bonds. The van der Waals surface area contributed by atoms with E-state index in [2.05, 4.69) is 0 Å². The summed E-state index contributed by atoms with van der Waals surface area (Å²) >= 11 is 0. The summed E-state index contributed by atoms with van der Waals surface area (Å²) in [5.41, 5.74) is -1.56. The van der Waals surface area contributed by atoms with Crippen LogP contribution in [-0.2, 0) is 16.0 Å². The van der Waals surface area contributed by atoms with Crippen molar-refractivity contribution in [2.24, 2.45) is 11.3 Å². The van der Waals surface area contributed by atoms with Crippen LogP contribution < -0.4 is 0 Å². The van der Waals surface area contributed by atoms with Gasteiger partial charge in [-0.2, -0.15) is 13.2 Å². The van der Waals surface area contributed by atoms with E-state index in [-0.39, 0.29) is 6.54 Å². The van der Waals surface area contributed by atoms with Crippen LogP contribution in [0.2, 0.25) is 0 Å². The number of nitrogens with zero attached hydrogens (tertiary/aromatic N) is 1. The number of carbonyl (C=O) groups is 1. The molecule has 1 heterocycles. The first-order valence-corrected chi connectivity index (χ1v) is 9.91. The minimum atomic E-state index is -4.65. The lowest BCUT2D eigenvalue weighted by Gasteiger charge is -2.57. The molecule has 1 fully saturated rings. The Morgan fingerprint density at radius 2 is 1.70 bits per heavy atom. The van der Waals surface area contributed by atoms with Gasteiger partial charge in [0.15, 0.2) is 9.84 Å². The molecule has 0 saturated carbocycles. The Balaban J connectivity index is 2.48. The minimum Gasteiger partial charge on any atom is -0.465 e. The first-order valence-electron chi connectivity index (χ1n) is 8.42. The molecule has 1 aliphatic rings. The van der Waals surface area contributed by atoms with E-state index in [1.54, 1.807) is 0 Å². The first kappa shape index (κ1) is 21.5. The molecule has 152 valence electrons. The average Bonchev–Trinajstić information content (AvgIpc) is 2.42. The Labute approximate surface area is 157 Å². The summed E-state index contributed by atoms with van der Waals surface area (Å²) in [6.45, 7) is 8.35. The molecule has 1 aromatic rings. The molecule has 1 N–H and O–H groups in total. The predicted octanol–water partition coefficient (Wildman–Crippen LogP) is 4.28. The van der Waals surface area contributed by atoms with Gasteiger partial charge in [-0.15, -0.1) is 0 Å². The van der Waals surface area contributed by atoms with Crippen molar-refractivity contribution in [3.63, 3.8) is 0 Å². The number of alkyl halides is 3.